The maximum atomic E-state index is 15.4. The molecular formula is C28H33FN2O4. The lowest BCUT2D eigenvalue weighted by Crippen LogP contribution is -2.23. The number of benzene rings is 2. The van der Waals surface area contributed by atoms with Crippen molar-refractivity contribution in [3.05, 3.63) is 60.0 Å². The van der Waals surface area contributed by atoms with E-state index in [1.165, 1.54) is 7.11 Å². The number of nitrogens with zero attached hydrogens (tertiary/aromatic N) is 2. The second kappa shape index (κ2) is 11.5. The van der Waals surface area contributed by atoms with Crippen molar-refractivity contribution in [3.63, 3.8) is 0 Å². The molecule has 0 bridgehead atoms. The van der Waals surface area contributed by atoms with Crippen LogP contribution in [0.4, 0.5) is 4.39 Å². The molecule has 1 aliphatic carbocycles. The predicted octanol–water partition coefficient (Wildman–Crippen LogP) is 5.83. The average molecular weight is 481 g/mol. The van der Waals surface area contributed by atoms with Crippen LogP contribution < -0.4 is 4.74 Å². The number of carboxylic acids is 1. The summed E-state index contributed by atoms with van der Waals surface area (Å²) in [5.41, 5.74) is 4.09. The monoisotopic (exact) mass is 480 g/mol. The highest BCUT2D eigenvalue weighted by Crippen LogP contribution is 2.39. The molecule has 1 aliphatic rings. The summed E-state index contributed by atoms with van der Waals surface area (Å²) >= 11 is 0. The van der Waals surface area contributed by atoms with Gasteiger partial charge < -0.3 is 14.6 Å². The fourth-order valence-electron chi connectivity index (χ4n) is 5.09. The molecule has 0 spiro atoms. The molecule has 2 aromatic carbocycles. The molecule has 0 unspecified atom stereocenters. The Hall–Kier alpha value is -3.19. The highest BCUT2D eigenvalue weighted by Gasteiger charge is 2.27. The molecule has 0 amide bonds. The van der Waals surface area contributed by atoms with E-state index < -0.39 is 5.97 Å². The molecule has 0 atom stereocenters. The van der Waals surface area contributed by atoms with Crippen LogP contribution in [-0.2, 0) is 22.5 Å². The van der Waals surface area contributed by atoms with Gasteiger partial charge in [-0.2, -0.15) is 5.10 Å². The van der Waals surface area contributed by atoms with Gasteiger partial charge in [0.25, 0.3) is 0 Å². The molecule has 3 aromatic rings. The summed E-state index contributed by atoms with van der Waals surface area (Å²) in [4.78, 5) is 10.7. The maximum Gasteiger partial charge on any atom is 0.329 e. The number of carbonyl (C=O) groups is 1. The number of carboxylic acid groups (broad SMARTS) is 1. The SMILES string of the molecule is CCc1c(-c2cccc(OC)c2F)c(-c2ccccc2)nn1C[C@H]1CC[C@H](COCC(=O)O)CC1. The zero-order chi connectivity index (χ0) is 24.8. The summed E-state index contributed by atoms with van der Waals surface area (Å²) in [6, 6.07) is 15.2. The van der Waals surface area contributed by atoms with Gasteiger partial charge in [0.15, 0.2) is 11.6 Å². The Morgan fingerprint density at radius 1 is 1.09 bits per heavy atom. The van der Waals surface area contributed by atoms with Crippen molar-refractivity contribution >= 4 is 5.97 Å². The normalized spacial score (nSPS) is 17.9. The number of methoxy groups -OCH3 is 1. The van der Waals surface area contributed by atoms with Crippen LogP contribution in [0.2, 0.25) is 0 Å². The first kappa shape index (κ1) is 24.9. The molecule has 1 saturated carbocycles. The minimum absolute atomic E-state index is 0.222. The molecule has 1 heterocycles. The second-order valence-electron chi connectivity index (χ2n) is 9.19. The van der Waals surface area contributed by atoms with Crippen LogP contribution in [0.1, 0.15) is 38.3 Å². The summed E-state index contributed by atoms with van der Waals surface area (Å²) in [5.74, 6) is -0.220. The Labute approximate surface area is 205 Å². The van der Waals surface area contributed by atoms with Gasteiger partial charge >= 0.3 is 5.97 Å². The van der Waals surface area contributed by atoms with Gasteiger partial charge in [-0.05, 0) is 50.0 Å². The number of aliphatic carboxylic acids is 1. The standard InChI is InChI=1S/C28H33FN2O4/c1-3-23-26(22-10-7-11-24(34-2)27(22)29)28(21-8-5-4-6-9-21)30-31(23)16-19-12-14-20(15-13-19)17-35-18-25(32)33/h4-11,19-20H,3,12-18H2,1-2H3,(H,32,33)/t19-,20-. The second-order valence-corrected chi connectivity index (χ2v) is 9.19. The number of hydrogen-bond donors (Lipinski definition) is 1. The van der Waals surface area contributed by atoms with Crippen LogP contribution in [0.15, 0.2) is 48.5 Å². The van der Waals surface area contributed by atoms with Crippen LogP contribution in [0.25, 0.3) is 22.4 Å². The molecule has 0 saturated heterocycles. The van der Waals surface area contributed by atoms with E-state index in [4.69, 9.17) is 19.7 Å². The molecular weight excluding hydrogens is 447 g/mol. The minimum atomic E-state index is -0.929. The van der Waals surface area contributed by atoms with Crippen LogP contribution >= 0.6 is 0 Å². The first-order valence-electron chi connectivity index (χ1n) is 12.3. The summed E-state index contributed by atoms with van der Waals surface area (Å²) < 4.78 is 28.1. The summed E-state index contributed by atoms with van der Waals surface area (Å²) in [6.45, 7) is 3.12. The lowest BCUT2D eigenvalue weighted by atomic mass is 9.82. The molecule has 186 valence electrons. The van der Waals surface area contributed by atoms with Crippen LogP contribution in [0, 0.1) is 17.7 Å². The van der Waals surface area contributed by atoms with Crippen LogP contribution in [-0.4, -0.2) is 41.2 Å². The van der Waals surface area contributed by atoms with E-state index >= 15 is 4.39 Å². The average Bonchev–Trinajstić information content (AvgIpc) is 3.23. The summed E-state index contributed by atoms with van der Waals surface area (Å²) in [5, 5.41) is 13.8. The lowest BCUT2D eigenvalue weighted by molar-refractivity contribution is -0.142. The minimum Gasteiger partial charge on any atom is -0.494 e. The van der Waals surface area contributed by atoms with Crippen molar-refractivity contribution in [1.29, 1.82) is 0 Å². The number of rotatable bonds is 10. The smallest absolute Gasteiger partial charge is 0.329 e. The maximum absolute atomic E-state index is 15.4. The van der Waals surface area contributed by atoms with Crippen molar-refractivity contribution in [1.82, 2.24) is 9.78 Å². The van der Waals surface area contributed by atoms with Crippen LogP contribution in [0.3, 0.4) is 0 Å². The Morgan fingerprint density at radius 2 is 1.80 bits per heavy atom. The largest absolute Gasteiger partial charge is 0.494 e. The third kappa shape index (κ3) is 5.73. The number of aromatic nitrogens is 2. The lowest BCUT2D eigenvalue weighted by Gasteiger charge is -2.28. The Bertz CT molecular complexity index is 1140. The van der Waals surface area contributed by atoms with Crippen LogP contribution in [0.5, 0.6) is 5.75 Å². The third-order valence-electron chi connectivity index (χ3n) is 6.87. The van der Waals surface area contributed by atoms with Gasteiger partial charge in [-0.1, -0.05) is 49.4 Å². The topological polar surface area (TPSA) is 73.6 Å². The molecule has 0 radical (unpaired) electrons. The van der Waals surface area contributed by atoms with E-state index in [-0.39, 0.29) is 18.2 Å². The predicted molar refractivity (Wildman–Crippen MR) is 133 cm³/mol. The van der Waals surface area contributed by atoms with Crippen molar-refractivity contribution < 1.29 is 23.8 Å². The van der Waals surface area contributed by atoms with Gasteiger partial charge in [-0.3, -0.25) is 4.68 Å². The van der Waals surface area contributed by atoms with Gasteiger partial charge in [-0.15, -0.1) is 0 Å². The highest BCUT2D eigenvalue weighted by atomic mass is 19.1. The zero-order valence-corrected chi connectivity index (χ0v) is 20.4. The Morgan fingerprint density at radius 3 is 2.46 bits per heavy atom. The fraction of sp³-hybridized carbons (Fsp3) is 0.429. The van der Waals surface area contributed by atoms with Gasteiger partial charge in [0.05, 0.1) is 13.7 Å². The van der Waals surface area contributed by atoms with E-state index in [9.17, 15) is 4.79 Å². The molecule has 35 heavy (non-hydrogen) atoms. The van der Waals surface area contributed by atoms with Crippen molar-refractivity contribution in [2.45, 2.75) is 45.6 Å². The van der Waals surface area contributed by atoms with Crippen molar-refractivity contribution in [3.8, 4) is 28.1 Å². The Kier molecular flexibility index (Phi) is 8.18. The van der Waals surface area contributed by atoms with E-state index in [1.54, 1.807) is 12.1 Å². The molecule has 7 heteroatoms. The van der Waals surface area contributed by atoms with Gasteiger partial charge in [-0.25, -0.2) is 9.18 Å². The zero-order valence-electron chi connectivity index (χ0n) is 20.4. The molecule has 0 aliphatic heterocycles. The van der Waals surface area contributed by atoms with E-state index in [0.29, 0.717) is 24.0 Å². The molecule has 1 N–H and O–H groups in total. The van der Waals surface area contributed by atoms with E-state index in [2.05, 4.69) is 11.6 Å². The van der Waals surface area contributed by atoms with E-state index in [1.807, 2.05) is 36.4 Å². The molecule has 6 nitrogen and oxygen atoms in total. The molecule has 1 fully saturated rings. The van der Waals surface area contributed by atoms with Crippen molar-refractivity contribution in [2.24, 2.45) is 11.8 Å². The number of ether oxygens (including phenoxy) is 2. The Balaban J connectivity index is 1.61. The highest BCUT2D eigenvalue weighted by molar-refractivity contribution is 5.83. The van der Waals surface area contributed by atoms with Gasteiger partial charge in [0.2, 0.25) is 0 Å². The third-order valence-corrected chi connectivity index (χ3v) is 6.87. The quantitative estimate of drug-likeness (QED) is 0.395. The molecule has 4 rings (SSSR count). The summed E-state index contributed by atoms with van der Waals surface area (Å²) in [6.07, 6.45) is 4.82. The van der Waals surface area contributed by atoms with Gasteiger partial charge in [0.1, 0.15) is 12.3 Å². The van der Waals surface area contributed by atoms with Crippen molar-refractivity contribution in [2.75, 3.05) is 20.3 Å². The number of halogens is 1. The first-order chi connectivity index (χ1) is 17.0. The van der Waals surface area contributed by atoms with E-state index in [0.717, 1.165) is 61.2 Å². The summed E-state index contributed by atoms with van der Waals surface area (Å²) in [7, 11) is 1.48. The van der Waals surface area contributed by atoms with Gasteiger partial charge in [0, 0.05) is 28.9 Å². The fourth-order valence-corrected chi connectivity index (χ4v) is 5.09. The molecule has 1 aromatic heterocycles. The number of hydrogen-bond acceptors (Lipinski definition) is 4. The first-order valence-corrected chi connectivity index (χ1v) is 12.3.